The number of rotatable bonds is 18. The van der Waals surface area contributed by atoms with Crippen molar-refractivity contribution in [3.8, 4) is 22.8 Å². The molecule has 0 bridgehead atoms. The Morgan fingerprint density at radius 1 is 0.750 bits per heavy atom. The Kier molecular flexibility index (Phi) is 14.5. The van der Waals surface area contributed by atoms with Crippen molar-refractivity contribution >= 4 is 58.4 Å². The first-order chi connectivity index (χ1) is 28.6. The zero-order valence-electron chi connectivity index (χ0n) is 34.4. The summed E-state index contributed by atoms with van der Waals surface area (Å²) in [5.74, 6) is 6.61. The van der Waals surface area contributed by atoms with E-state index in [-0.39, 0.29) is 58.1 Å². The standard InChI is InChI=1S/C43H51N13O4/c1-23(2)7-10-39(57)54-36-16-27(12-13-49-36)41(46)33-21-30(60-25(5)6)20-32(42(33)47)35-15-28(18-38(53-35)51-22-52-56-48)43(58)55-37-17-26(11-14-50-37)40(45)31-19-29(59-24(3)4)8-9-34(31)44/h8-9,11-25,45-46,56H,7,10,44,47-48H2,1-6H3,(H,49,54,57)(H,50,55,58)(H,51,52,53). The largest absolute Gasteiger partial charge is 0.491 e. The van der Waals surface area contributed by atoms with Gasteiger partial charge in [-0.2, -0.15) is 5.10 Å². The molecule has 0 radical (unpaired) electrons. The predicted molar refractivity (Wildman–Crippen MR) is 237 cm³/mol. The molecule has 5 rings (SSSR count). The number of nitrogens with two attached hydrogens (primary N) is 3. The third-order valence-electron chi connectivity index (χ3n) is 8.73. The van der Waals surface area contributed by atoms with Crippen molar-refractivity contribution < 1.29 is 19.1 Å². The first kappa shape index (κ1) is 43.7. The molecule has 0 saturated carbocycles. The second kappa shape index (κ2) is 19.8. The van der Waals surface area contributed by atoms with Gasteiger partial charge >= 0.3 is 0 Å². The van der Waals surface area contributed by atoms with Crippen LogP contribution in [0.4, 0.5) is 28.8 Å². The molecule has 0 aliphatic heterocycles. The number of nitrogen functional groups attached to an aromatic ring is 2. The molecule has 12 N–H and O–H groups in total. The van der Waals surface area contributed by atoms with E-state index in [4.69, 9.17) is 37.2 Å². The van der Waals surface area contributed by atoms with Crippen molar-refractivity contribution in [2.24, 2.45) is 16.9 Å². The lowest BCUT2D eigenvalue weighted by Crippen LogP contribution is -2.17. The summed E-state index contributed by atoms with van der Waals surface area (Å²) in [6, 6.07) is 18.0. The number of nitrogens with zero attached hydrogens (tertiary/aromatic N) is 4. The third-order valence-corrected chi connectivity index (χ3v) is 8.73. The third kappa shape index (κ3) is 11.6. The highest BCUT2D eigenvalue weighted by molar-refractivity contribution is 6.16. The molecule has 0 atom stereocenters. The van der Waals surface area contributed by atoms with Crippen molar-refractivity contribution in [1.82, 2.24) is 20.5 Å². The summed E-state index contributed by atoms with van der Waals surface area (Å²) in [6.07, 6.45) is 5.00. The molecule has 60 heavy (non-hydrogen) atoms. The van der Waals surface area contributed by atoms with E-state index >= 15 is 0 Å². The van der Waals surface area contributed by atoms with E-state index < -0.39 is 5.91 Å². The number of hydrogen-bond donors (Lipinski definition) is 9. The highest BCUT2D eigenvalue weighted by Gasteiger charge is 2.21. The Morgan fingerprint density at radius 3 is 1.98 bits per heavy atom. The van der Waals surface area contributed by atoms with Gasteiger partial charge in [0.25, 0.3) is 5.91 Å². The maximum Gasteiger partial charge on any atom is 0.257 e. The van der Waals surface area contributed by atoms with Gasteiger partial charge in [0.05, 0.1) is 35.0 Å². The lowest BCUT2D eigenvalue weighted by Gasteiger charge is -2.18. The summed E-state index contributed by atoms with van der Waals surface area (Å²) < 4.78 is 11.9. The van der Waals surface area contributed by atoms with E-state index in [2.05, 4.69) is 36.6 Å². The molecule has 5 aromatic rings. The summed E-state index contributed by atoms with van der Waals surface area (Å²) in [5, 5.41) is 30.5. The minimum absolute atomic E-state index is 0.0360. The lowest BCUT2D eigenvalue weighted by molar-refractivity contribution is -0.116. The van der Waals surface area contributed by atoms with Gasteiger partial charge in [-0.25, -0.2) is 26.3 Å². The molecular weight excluding hydrogens is 763 g/mol. The van der Waals surface area contributed by atoms with Gasteiger partial charge in [0, 0.05) is 57.9 Å². The van der Waals surface area contributed by atoms with Crippen molar-refractivity contribution in [1.29, 1.82) is 10.8 Å². The number of nitrogens with one attached hydrogen (secondary N) is 6. The summed E-state index contributed by atoms with van der Waals surface area (Å²) >= 11 is 0. The van der Waals surface area contributed by atoms with E-state index in [1.807, 2.05) is 41.5 Å². The average molecular weight is 814 g/mol. The van der Waals surface area contributed by atoms with Gasteiger partial charge in [-0.1, -0.05) is 13.8 Å². The minimum Gasteiger partial charge on any atom is -0.491 e. The number of carbonyl (C=O) groups excluding carboxylic acids is 2. The van der Waals surface area contributed by atoms with E-state index in [9.17, 15) is 15.0 Å². The van der Waals surface area contributed by atoms with E-state index in [1.54, 1.807) is 60.7 Å². The molecule has 0 aliphatic carbocycles. The van der Waals surface area contributed by atoms with Crippen LogP contribution in [0, 0.1) is 16.7 Å². The molecule has 0 spiro atoms. The van der Waals surface area contributed by atoms with E-state index in [0.717, 1.165) is 6.42 Å². The van der Waals surface area contributed by atoms with Gasteiger partial charge in [0.1, 0.15) is 35.3 Å². The Morgan fingerprint density at radius 2 is 1.35 bits per heavy atom. The van der Waals surface area contributed by atoms with Gasteiger partial charge in [-0.05, 0) is 107 Å². The van der Waals surface area contributed by atoms with E-state index in [0.29, 0.717) is 63.2 Å². The predicted octanol–water partition coefficient (Wildman–Crippen LogP) is 6.56. The van der Waals surface area contributed by atoms with Crippen LogP contribution in [-0.2, 0) is 4.79 Å². The molecule has 0 aliphatic rings. The second-order valence-corrected chi connectivity index (χ2v) is 14.7. The number of hydrazine groups is 1. The topological polar surface area (TPSA) is 278 Å². The molecule has 17 heteroatoms. The van der Waals surface area contributed by atoms with Crippen molar-refractivity contribution in [3.63, 3.8) is 0 Å². The number of hydrogen-bond acceptors (Lipinski definition) is 14. The van der Waals surface area contributed by atoms with Crippen LogP contribution >= 0.6 is 0 Å². The number of ether oxygens (including phenoxy) is 2. The first-order valence-electron chi connectivity index (χ1n) is 19.3. The molecule has 0 unspecified atom stereocenters. The number of aromatic nitrogens is 3. The van der Waals surface area contributed by atoms with Crippen LogP contribution in [0.3, 0.4) is 0 Å². The molecule has 0 fully saturated rings. The molecule has 2 amide bonds. The van der Waals surface area contributed by atoms with Crippen LogP contribution in [-0.4, -0.2) is 56.7 Å². The highest BCUT2D eigenvalue weighted by atomic mass is 16.5. The van der Waals surface area contributed by atoms with Crippen LogP contribution in [0.15, 0.2) is 84.2 Å². The van der Waals surface area contributed by atoms with Gasteiger partial charge < -0.3 is 36.9 Å². The Hall–Kier alpha value is -7.40. The number of anilines is 5. The van der Waals surface area contributed by atoms with Crippen molar-refractivity contribution in [3.05, 3.63) is 107 Å². The number of benzene rings is 2. The number of amides is 2. The van der Waals surface area contributed by atoms with E-state index in [1.165, 1.54) is 24.8 Å². The normalized spacial score (nSPS) is 11.2. The average Bonchev–Trinajstić information content (AvgIpc) is 3.20. The number of pyridine rings is 3. The molecular formula is C43H51N13O4. The number of carbonyl (C=O) groups is 2. The maximum atomic E-state index is 14.0. The van der Waals surface area contributed by atoms with Gasteiger partial charge in [0.15, 0.2) is 0 Å². The van der Waals surface area contributed by atoms with Crippen LogP contribution in [0.1, 0.15) is 87.0 Å². The first-order valence-corrected chi connectivity index (χ1v) is 19.3. The number of hydrazone groups is 1. The van der Waals surface area contributed by atoms with Crippen molar-refractivity contribution in [2.75, 3.05) is 27.4 Å². The lowest BCUT2D eigenvalue weighted by atomic mass is 9.96. The summed E-state index contributed by atoms with van der Waals surface area (Å²) in [5.41, 5.74) is 18.4. The maximum absolute atomic E-state index is 14.0. The van der Waals surface area contributed by atoms with Crippen LogP contribution in [0.2, 0.25) is 0 Å². The summed E-state index contributed by atoms with van der Waals surface area (Å²) in [7, 11) is 0. The zero-order valence-corrected chi connectivity index (χ0v) is 34.4. The second-order valence-electron chi connectivity index (χ2n) is 14.7. The molecule has 312 valence electrons. The smallest absolute Gasteiger partial charge is 0.257 e. The molecule has 2 aromatic carbocycles. The Bertz CT molecular complexity index is 2410. The highest BCUT2D eigenvalue weighted by Crippen LogP contribution is 2.36. The monoisotopic (exact) mass is 813 g/mol. The summed E-state index contributed by atoms with van der Waals surface area (Å²) in [6.45, 7) is 11.6. The van der Waals surface area contributed by atoms with Gasteiger partial charge in [-0.15, -0.1) is 0 Å². The zero-order chi connectivity index (χ0) is 43.5. The van der Waals surface area contributed by atoms with Crippen molar-refractivity contribution in [2.45, 2.75) is 66.6 Å². The van der Waals surface area contributed by atoms with Gasteiger partial charge in [0.2, 0.25) is 5.91 Å². The molecule has 17 nitrogen and oxygen atoms in total. The Labute approximate surface area is 348 Å². The Balaban J connectivity index is 1.51. The minimum atomic E-state index is -0.556. The summed E-state index contributed by atoms with van der Waals surface area (Å²) in [4.78, 5) is 39.9. The quantitative estimate of drug-likeness (QED) is 0.0150. The molecule has 0 saturated heterocycles. The van der Waals surface area contributed by atoms with Crippen LogP contribution < -0.4 is 48.3 Å². The fourth-order valence-corrected chi connectivity index (χ4v) is 5.93. The molecule has 3 heterocycles. The van der Waals surface area contributed by atoms with Crippen LogP contribution in [0.25, 0.3) is 11.3 Å². The SMILES string of the molecule is CC(C)CCC(=O)Nc1cc(C(=N)c2cc(OC(C)C)cc(-c3cc(C(=O)Nc4cc(C(=N)c5cc(OC(C)C)ccc5N)ccn4)cc(NC=NNN)n3)c2N)ccn1. The fourth-order valence-electron chi connectivity index (χ4n) is 5.93. The van der Waals surface area contributed by atoms with Crippen LogP contribution in [0.5, 0.6) is 11.5 Å². The van der Waals surface area contributed by atoms with Gasteiger partial charge in [-0.3, -0.25) is 20.4 Å². The molecule has 3 aromatic heterocycles. The fraction of sp³-hybridized carbons (Fsp3) is 0.256.